The summed E-state index contributed by atoms with van der Waals surface area (Å²) in [4.78, 5) is 5.19. The average molecular weight is 295 g/mol. The SMILES string of the molecule is Nc1cccc(Br)c1CSc1ccncc1. The van der Waals surface area contributed by atoms with Gasteiger partial charge in [-0.3, -0.25) is 4.98 Å². The third kappa shape index (κ3) is 2.77. The highest BCUT2D eigenvalue weighted by Crippen LogP contribution is 2.30. The maximum Gasteiger partial charge on any atom is 0.0366 e. The van der Waals surface area contributed by atoms with Gasteiger partial charge in [-0.05, 0) is 29.8 Å². The lowest BCUT2D eigenvalue weighted by atomic mass is 10.2. The quantitative estimate of drug-likeness (QED) is 0.693. The molecule has 2 rings (SSSR count). The van der Waals surface area contributed by atoms with Gasteiger partial charge in [-0.2, -0.15) is 0 Å². The van der Waals surface area contributed by atoms with Gasteiger partial charge in [-0.15, -0.1) is 11.8 Å². The van der Waals surface area contributed by atoms with Crippen LogP contribution in [0.4, 0.5) is 5.69 Å². The summed E-state index contributed by atoms with van der Waals surface area (Å²) in [6.07, 6.45) is 3.59. The molecule has 2 nitrogen and oxygen atoms in total. The van der Waals surface area contributed by atoms with Crippen molar-refractivity contribution >= 4 is 33.4 Å². The molecule has 0 saturated heterocycles. The molecule has 4 heteroatoms. The fraction of sp³-hybridized carbons (Fsp3) is 0.0833. The molecule has 2 N–H and O–H groups in total. The zero-order chi connectivity index (χ0) is 11.4. The summed E-state index contributed by atoms with van der Waals surface area (Å²) in [5.74, 6) is 0.858. The normalized spacial score (nSPS) is 10.3. The molecule has 82 valence electrons. The minimum absolute atomic E-state index is 0.830. The van der Waals surface area contributed by atoms with Crippen LogP contribution >= 0.6 is 27.7 Å². The van der Waals surface area contributed by atoms with Crippen molar-refractivity contribution < 1.29 is 0 Å². The number of aromatic nitrogens is 1. The Kier molecular flexibility index (Phi) is 3.85. The van der Waals surface area contributed by atoms with Crippen molar-refractivity contribution in [2.24, 2.45) is 0 Å². The molecule has 1 aromatic heterocycles. The molecule has 0 unspecified atom stereocenters. The Balaban J connectivity index is 2.11. The lowest BCUT2D eigenvalue weighted by molar-refractivity contribution is 1.26. The summed E-state index contributed by atoms with van der Waals surface area (Å²) in [6.45, 7) is 0. The molecular formula is C12H11BrN2S. The predicted molar refractivity (Wildman–Crippen MR) is 72.4 cm³/mol. The van der Waals surface area contributed by atoms with E-state index >= 15 is 0 Å². The number of halogens is 1. The van der Waals surface area contributed by atoms with E-state index in [1.54, 1.807) is 24.2 Å². The molecule has 16 heavy (non-hydrogen) atoms. The number of nitrogen functional groups attached to an aromatic ring is 1. The Hall–Kier alpha value is -1.00. The molecule has 0 amide bonds. The van der Waals surface area contributed by atoms with Gasteiger partial charge in [0.25, 0.3) is 0 Å². The fourth-order valence-corrected chi connectivity index (χ4v) is 2.97. The Bertz CT molecular complexity index is 453. The van der Waals surface area contributed by atoms with Crippen molar-refractivity contribution in [2.75, 3.05) is 5.73 Å². The first-order chi connectivity index (χ1) is 7.77. The molecule has 0 fully saturated rings. The summed E-state index contributed by atoms with van der Waals surface area (Å²) in [7, 11) is 0. The van der Waals surface area contributed by atoms with E-state index in [1.807, 2.05) is 30.3 Å². The topological polar surface area (TPSA) is 38.9 Å². The number of nitrogens with zero attached hydrogens (tertiary/aromatic N) is 1. The zero-order valence-electron chi connectivity index (χ0n) is 8.56. The molecule has 0 spiro atoms. The summed E-state index contributed by atoms with van der Waals surface area (Å²) >= 11 is 5.27. The monoisotopic (exact) mass is 294 g/mol. The molecule has 2 aromatic rings. The number of thioether (sulfide) groups is 1. The van der Waals surface area contributed by atoms with E-state index in [-0.39, 0.29) is 0 Å². The minimum Gasteiger partial charge on any atom is -0.398 e. The second kappa shape index (κ2) is 5.37. The van der Waals surface area contributed by atoms with Gasteiger partial charge >= 0.3 is 0 Å². The number of hydrogen-bond donors (Lipinski definition) is 1. The Morgan fingerprint density at radius 2 is 1.94 bits per heavy atom. The van der Waals surface area contributed by atoms with Crippen LogP contribution in [0.1, 0.15) is 5.56 Å². The molecule has 0 aliphatic carbocycles. The molecule has 0 aliphatic rings. The van der Waals surface area contributed by atoms with E-state index in [9.17, 15) is 0 Å². The highest BCUT2D eigenvalue weighted by Gasteiger charge is 2.04. The highest BCUT2D eigenvalue weighted by atomic mass is 79.9. The second-order valence-electron chi connectivity index (χ2n) is 3.28. The van der Waals surface area contributed by atoms with Crippen LogP contribution in [0.15, 0.2) is 52.1 Å². The largest absolute Gasteiger partial charge is 0.398 e. The van der Waals surface area contributed by atoms with E-state index in [2.05, 4.69) is 20.9 Å². The number of anilines is 1. The Morgan fingerprint density at radius 1 is 1.19 bits per heavy atom. The number of benzene rings is 1. The van der Waals surface area contributed by atoms with Crippen molar-refractivity contribution in [1.29, 1.82) is 0 Å². The first-order valence-corrected chi connectivity index (χ1v) is 6.61. The molecule has 1 aromatic carbocycles. The van der Waals surface area contributed by atoms with Gasteiger partial charge in [0.05, 0.1) is 0 Å². The van der Waals surface area contributed by atoms with Gasteiger partial charge in [0, 0.05) is 33.2 Å². The van der Waals surface area contributed by atoms with Crippen LogP contribution in [-0.2, 0) is 5.75 Å². The van der Waals surface area contributed by atoms with E-state index < -0.39 is 0 Å². The van der Waals surface area contributed by atoms with E-state index in [4.69, 9.17) is 5.73 Å². The highest BCUT2D eigenvalue weighted by molar-refractivity contribution is 9.10. The van der Waals surface area contributed by atoms with E-state index in [0.29, 0.717) is 0 Å². The van der Waals surface area contributed by atoms with Crippen molar-refractivity contribution in [1.82, 2.24) is 4.98 Å². The number of rotatable bonds is 3. The van der Waals surface area contributed by atoms with Gasteiger partial charge < -0.3 is 5.73 Å². The standard InChI is InChI=1S/C12H11BrN2S/c13-11-2-1-3-12(14)10(11)8-16-9-4-6-15-7-5-9/h1-7H,8,14H2. The molecule has 0 saturated carbocycles. The van der Waals surface area contributed by atoms with Gasteiger partial charge in [0.15, 0.2) is 0 Å². The van der Waals surface area contributed by atoms with E-state index in [0.717, 1.165) is 21.5 Å². The van der Waals surface area contributed by atoms with Gasteiger partial charge in [0.2, 0.25) is 0 Å². The van der Waals surface area contributed by atoms with Gasteiger partial charge in [-0.25, -0.2) is 0 Å². The molecular weight excluding hydrogens is 284 g/mol. The van der Waals surface area contributed by atoms with Crippen LogP contribution in [0.3, 0.4) is 0 Å². The third-order valence-corrected chi connectivity index (χ3v) is 3.97. The lowest BCUT2D eigenvalue weighted by Gasteiger charge is -2.07. The second-order valence-corrected chi connectivity index (χ2v) is 5.18. The third-order valence-electron chi connectivity index (χ3n) is 2.19. The van der Waals surface area contributed by atoms with Crippen molar-refractivity contribution in [3.63, 3.8) is 0 Å². The molecule has 1 heterocycles. The molecule has 0 atom stereocenters. The van der Waals surface area contributed by atoms with Crippen LogP contribution in [-0.4, -0.2) is 4.98 Å². The first-order valence-electron chi connectivity index (χ1n) is 4.83. The molecule has 0 bridgehead atoms. The van der Waals surface area contributed by atoms with Crippen LogP contribution in [0, 0.1) is 0 Å². The average Bonchev–Trinajstić information content (AvgIpc) is 2.30. The number of pyridine rings is 1. The summed E-state index contributed by atoms with van der Waals surface area (Å²) in [5, 5.41) is 0. The zero-order valence-corrected chi connectivity index (χ0v) is 11.0. The number of nitrogens with two attached hydrogens (primary N) is 1. The van der Waals surface area contributed by atoms with Crippen LogP contribution < -0.4 is 5.73 Å². The smallest absolute Gasteiger partial charge is 0.0366 e. The summed E-state index contributed by atoms with van der Waals surface area (Å²) < 4.78 is 1.06. The Labute approximate surface area is 107 Å². The maximum absolute atomic E-state index is 5.93. The minimum atomic E-state index is 0.830. The van der Waals surface area contributed by atoms with Crippen LogP contribution in [0.2, 0.25) is 0 Å². The molecule has 0 radical (unpaired) electrons. The van der Waals surface area contributed by atoms with Crippen molar-refractivity contribution in [3.05, 3.63) is 52.8 Å². The van der Waals surface area contributed by atoms with E-state index in [1.165, 1.54) is 4.90 Å². The lowest BCUT2D eigenvalue weighted by Crippen LogP contribution is -1.93. The van der Waals surface area contributed by atoms with Crippen LogP contribution in [0.25, 0.3) is 0 Å². The Morgan fingerprint density at radius 3 is 2.62 bits per heavy atom. The summed E-state index contributed by atoms with van der Waals surface area (Å²) in [5.41, 5.74) is 7.90. The van der Waals surface area contributed by atoms with Crippen molar-refractivity contribution in [2.45, 2.75) is 10.6 Å². The van der Waals surface area contributed by atoms with Crippen LogP contribution in [0.5, 0.6) is 0 Å². The maximum atomic E-state index is 5.93. The van der Waals surface area contributed by atoms with Crippen molar-refractivity contribution in [3.8, 4) is 0 Å². The van der Waals surface area contributed by atoms with Gasteiger partial charge in [0.1, 0.15) is 0 Å². The first kappa shape index (κ1) is 11.5. The molecule has 0 aliphatic heterocycles. The number of hydrogen-bond acceptors (Lipinski definition) is 3. The fourth-order valence-electron chi connectivity index (χ4n) is 1.32. The summed E-state index contributed by atoms with van der Waals surface area (Å²) in [6, 6.07) is 9.88. The predicted octanol–water partition coefficient (Wildman–Crippen LogP) is 3.72. The van der Waals surface area contributed by atoms with Gasteiger partial charge in [-0.1, -0.05) is 22.0 Å².